The quantitative estimate of drug-likeness (QED) is 0.340. The number of aromatic nitrogens is 2. The number of hydrogen-bond donors (Lipinski definition) is 3. The first-order valence-electron chi connectivity index (χ1n) is 11.8. The summed E-state index contributed by atoms with van der Waals surface area (Å²) in [5.41, 5.74) is 4.38. The van der Waals surface area contributed by atoms with Crippen molar-refractivity contribution in [1.29, 1.82) is 0 Å². The zero-order chi connectivity index (χ0) is 25.8. The normalized spacial score (nSPS) is 13.5. The summed E-state index contributed by atoms with van der Waals surface area (Å²) in [6, 6.07) is 22.1. The van der Waals surface area contributed by atoms with Crippen molar-refractivity contribution in [3.63, 3.8) is 0 Å². The second kappa shape index (κ2) is 10.2. The largest absolute Gasteiger partial charge is 0.362 e. The van der Waals surface area contributed by atoms with Gasteiger partial charge in [0.15, 0.2) is 0 Å². The molecule has 5 rings (SSSR count). The molecular formula is C29H25N5O3. The minimum absolute atomic E-state index is 0.0558. The van der Waals surface area contributed by atoms with E-state index >= 15 is 0 Å². The number of hydrogen-bond acceptors (Lipinski definition) is 4. The molecular weight excluding hydrogens is 466 g/mol. The van der Waals surface area contributed by atoms with E-state index in [0.29, 0.717) is 5.57 Å². The van der Waals surface area contributed by atoms with Crippen molar-refractivity contribution < 1.29 is 9.59 Å². The van der Waals surface area contributed by atoms with E-state index in [2.05, 4.69) is 15.6 Å². The summed E-state index contributed by atoms with van der Waals surface area (Å²) >= 11 is 0. The fourth-order valence-electron chi connectivity index (χ4n) is 4.15. The lowest BCUT2D eigenvalue weighted by Crippen LogP contribution is -2.39. The van der Waals surface area contributed by atoms with E-state index < -0.39 is 11.5 Å². The molecule has 8 heteroatoms. The topological polar surface area (TPSA) is 99.2 Å². The second-order valence-electron chi connectivity index (χ2n) is 8.49. The predicted octanol–water partition coefficient (Wildman–Crippen LogP) is 4.01. The number of pyridine rings is 1. The Morgan fingerprint density at radius 1 is 1.03 bits per heavy atom. The molecule has 0 aliphatic carbocycles. The van der Waals surface area contributed by atoms with E-state index in [9.17, 15) is 14.4 Å². The Labute approximate surface area is 213 Å². The van der Waals surface area contributed by atoms with Crippen LogP contribution in [-0.2, 0) is 4.79 Å². The van der Waals surface area contributed by atoms with Crippen LogP contribution in [0, 0.1) is 0 Å². The molecule has 0 atom stereocenters. The molecule has 3 heterocycles. The summed E-state index contributed by atoms with van der Waals surface area (Å²) < 4.78 is 1.40. The number of fused-ring (bicyclic) bond motifs is 1. The molecule has 0 saturated carbocycles. The molecule has 0 unspecified atom stereocenters. The van der Waals surface area contributed by atoms with Crippen LogP contribution in [-0.4, -0.2) is 35.1 Å². The lowest BCUT2D eigenvalue weighted by atomic mass is 10.0. The lowest BCUT2D eigenvalue weighted by Gasteiger charge is -2.21. The van der Waals surface area contributed by atoms with Crippen molar-refractivity contribution in [3.8, 4) is 0 Å². The Morgan fingerprint density at radius 3 is 2.65 bits per heavy atom. The maximum absolute atomic E-state index is 12.9. The number of benzene rings is 2. The van der Waals surface area contributed by atoms with Crippen molar-refractivity contribution in [2.45, 2.75) is 0 Å². The highest BCUT2D eigenvalue weighted by Crippen LogP contribution is 2.33. The number of carbonyl (C=O) groups is 2. The van der Waals surface area contributed by atoms with Crippen molar-refractivity contribution in [3.05, 3.63) is 124 Å². The molecule has 37 heavy (non-hydrogen) atoms. The first-order chi connectivity index (χ1) is 18.0. The van der Waals surface area contributed by atoms with Crippen LogP contribution in [0.5, 0.6) is 0 Å². The summed E-state index contributed by atoms with van der Waals surface area (Å²) in [5.74, 6) is -0.602. The molecule has 0 radical (unpaired) electrons. The average Bonchev–Trinajstić information content (AvgIpc) is 3.54. The second-order valence-corrected chi connectivity index (χ2v) is 8.49. The number of para-hydroxylation sites is 1. The first kappa shape index (κ1) is 23.6. The zero-order valence-corrected chi connectivity index (χ0v) is 20.1. The Bertz CT molecular complexity index is 1570. The molecule has 2 amide bonds. The highest BCUT2D eigenvalue weighted by Gasteiger charge is 2.24. The number of nitrogens with one attached hydrogen (secondary N) is 3. The van der Waals surface area contributed by atoms with Gasteiger partial charge in [-0.25, -0.2) is 4.68 Å². The number of amides is 2. The van der Waals surface area contributed by atoms with Crippen molar-refractivity contribution in [2.75, 3.05) is 23.9 Å². The highest BCUT2D eigenvalue weighted by atomic mass is 16.2. The smallest absolute Gasteiger partial charge is 0.282 e. The molecule has 1 aliphatic heterocycles. The number of nitrogens with zero attached hydrogens (tertiary/aromatic N) is 2. The van der Waals surface area contributed by atoms with Gasteiger partial charge in [-0.15, -0.1) is 0 Å². The van der Waals surface area contributed by atoms with Gasteiger partial charge in [0, 0.05) is 42.9 Å². The van der Waals surface area contributed by atoms with Gasteiger partial charge in [0.1, 0.15) is 5.56 Å². The third kappa shape index (κ3) is 4.99. The molecule has 1 aliphatic rings. The predicted molar refractivity (Wildman–Crippen MR) is 146 cm³/mol. The maximum Gasteiger partial charge on any atom is 0.282 e. The Balaban J connectivity index is 1.24. The average molecular weight is 492 g/mol. The van der Waals surface area contributed by atoms with Crippen LogP contribution in [0.3, 0.4) is 0 Å². The van der Waals surface area contributed by atoms with E-state index in [-0.39, 0.29) is 18.0 Å². The summed E-state index contributed by atoms with van der Waals surface area (Å²) in [7, 11) is 1.76. The molecule has 4 aromatic rings. The Kier molecular flexibility index (Phi) is 6.54. The molecule has 2 aromatic carbocycles. The number of carbonyl (C=O) groups excluding carboxylic acids is 2. The number of aromatic amines is 1. The van der Waals surface area contributed by atoms with Gasteiger partial charge in [-0.3, -0.25) is 19.4 Å². The number of rotatable bonds is 7. The zero-order valence-electron chi connectivity index (χ0n) is 20.1. The van der Waals surface area contributed by atoms with Gasteiger partial charge in [0.25, 0.3) is 17.4 Å². The molecule has 8 nitrogen and oxygen atoms in total. The van der Waals surface area contributed by atoms with E-state index in [4.69, 9.17) is 0 Å². The molecule has 0 fully saturated rings. The number of anilines is 2. The monoisotopic (exact) mass is 491 g/mol. The van der Waals surface area contributed by atoms with Gasteiger partial charge in [-0.05, 0) is 54.1 Å². The van der Waals surface area contributed by atoms with Gasteiger partial charge in [-0.2, -0.15) is 0 Å². The molecule has 2 aromatic heterocycles. The van der Waals surface area contributed by atoms with E-state index in [1.54, 1.807) is 30.4 Å². The van der Waals surface area contributed by atoms with Crippen LogP contribution in [0.2, 0.25) is 0 Å². The highest BCUT2D eigenvalue weighted by molar-refractivity contribution is 6.34. The fourth-order valence-corrected chi connectivity index (χ4v) is 4.15. The van der Waals surface area contributed by atoms with Gasteiger partial charge in [0.2, 0.25) is 0 Å². The Hall–Kier alpha value is -5.11. The van der Waals surface area contributed by atoms with E-state index in [1.807, 2.05) is 79.0 Å². The third-order valence-electron chi connectivity index (χ3n) is 6.07. The van der Waals surface area contributed by atoms with Crippen LogP contribution >= 0.6 is 0 Å². The summed E-state index contributed by atoms with van der Waals surface area (Å²) in [6.45, 7) is 0.239. The van der Waals surface area contributed by atoms with Gasteiger partial charge in [0.05, 0.1) is 11.3 Å². The van der Waals surface area contributed by atoms with Crippen LogP contribution in [0.15, 0.2) is 96.1 Å². The van der Waals surface area contributed by atoms with E-state index in [0.717, 1.165) is 28.2 Å². The molecule has 3 N–H and O–H groups in total. The van der Waals surface area contributed by atoms with Crippen molar-refractivity contribution in [2.24, 2.45) is 0 Å². The minimum Gasteiger partial charge on any atom is -0.362 e. The van der Waals surface area contributed by atoms with Gasteiger partial charge in [-0.1, -0.05) is 42.5 Å². The van der Waals surface area contributed by atoms with Crippen LogP contribution in [0.1, 0.15) is 27.2 Å². The Morgan fingerprint density at radius 2 is 1.86 bits per heavy atom. The minimum atomic E-state index is -0.453. The fraction of sp³-hybridized carbons (Fsp3) is 0.0690. The first-order valence-corrected chi connectivity index (χ1v) is 11.8. The third-order valence-corrected chi connectivity index (χ3v) is 6.07. The summed E-state index contributed by atoms with van der Waals surface area (Å²) in [4.78, 5) is 41.2. The van der Waals surface area contributed by atoms with Crippen LogP contribution < -0.4 is 21.2 Å². The SMILES string of the molecule is CN(c1ccccc1)n1cccc(C(=O)NC/C=C/c2ccc3c(c2)NC(=O)C3=Cc2ccc[nH]2)c1=O. The summed E-state index contributed by atoms with van der Waals surface area (Å²) in [6.07, 6.45) is 8.90. The van der Waals surface area contributed by atoms with Crippen molar-refractivity contribution >= 4 is 40.9 Å². The lowest BCUT2D eigenvalue weighted by molar-refractivity contribution is -0.110. The molecule has 184 valence electrons. The number of H-pyrrole nitrogens is 1. The standard InChI is InChI=1S/C29H25N5O3/c1-33(22-10-3-2-4-11-22)34-17-7-12-24(29(34)37)27(35)31-16-5-8-20-13-14-23-25(19-21-9-6-15-30-21)28(36)32-26(23)18-20/h2-15,17-19,30H,16H2,1H3,(H,31,35)(H,32,36)/b8-5+,25-19?. The molecule has 0 bridgehead atoms. The summed E-state index contributed by atoms with van der Waals surface area (Å²) in [5, 5.41) is 7.35. The van der Waals surface area contributed by atoms with E-state index in [1.165, 1.54) is 10.7 Å². The molecule has 0 saturated heterocycles. The van der Waals surface area contributed by atoms with Crippen LogP contribution in [0.4, 0.5) is 11.4 Å². The van der Waals surface area contributed by atoms with Gasteiger partial charge < -0.3 is 15.6 Å². The molecule has 0 spiro atoms. The van der Waals surface area contributed by atoms with Crippen molar-refractivity contribution in [1.82, 2.24) is 15.0 Å². The maximum atomic E-state index is 12.9. The van der Waals surface area contributed by atoms with Crippen LogP contribution in [0.25, 0.3) is 17.7 Å². The van der Waals surface area contributed by atoms with Gasteiger partial charge >= 0.3 is 0 Å².